The van der Waals surface area contributed by atoms with E-state index in [0.29, 0.717) is 19.0 Å². The fraction of sp³-hybridized carbons (Fsp3) is 0.333. The Morgan fingerprint density at radius 1 is 1.10 bits per heavy atom. The first-order valence-corrected chi connectivity index (χ1v) is 9.45. The molecule has 3 N–H and O–H groups in total. The molecule has 0 fully saturated rings. The topological polar surface area (TPSA) is 108 Å². The molecule has 1 atom stereocenters. The molecule has 8 heteroatoms. The second kappa shape index (κ2) is 9.40. The number of hydrogen-bond acceptors (Lipinski definition) is 6. The van der Waals surface area contributed by atoms with Crippen LogP contribution in [0.2, 0.25) is 0 Å². The summed E-state index contributed by atoms with van der Waals surface area (Å²) in [4.78, 5) is 13.9. The van der Waals surface area contributed by atoms with Gasteiger partial charge in [-0.25, -0.2) is 0 Å². The van der Waals surface area contributed by atoms with Crippen molar-refractivity contribution in [3.05, 3.63) is 77.6 Å². The molecule has 1 heterocycles. The highest BCUT2D eigenvalue weighted by atomic mass is 16.5. The lowest BCUT2D eigenvalue weighted by Crippen LogP contribution is -2.50. The summed E-state index contributed by atoms with van der Waals surface area (Å²) < 4.78 is 5.80. The van der Waals surface area contributed by atoms with Crippen molar-refractivity contribution in [2.45, 2.75) is 38.6 Å². The zero-order valence-electron chi connectivity index (χ0n) is 16.7. The van der Waals surface area contributed by atoms with Crippen LogP contribution in [0.15, 0.2) is 60.7 Å². The quantitative estimate of drug-likeness (QED) is 0.573. The minimum atomic E-state index is -1.03. The van der Waals surface area contributed by atoms with E-state index in [1.54, 1.807) is 13.8 Å². The Morgan fingerprint density at radius 2 is 1.72 bits per heavy atom. The molecule has 2 aromatic carbocycles. The fourth-order valence-electron chi connectivity index (χ4n) is 2.60. The Bertz CT molecular complexity index is 906. The maximum absolute atomic E-state index is 12.4. The van der Waals surface area contributed by atoms with E-state index in [9.17, 15) is 4.79 Å². The molecule has 8 nitrogen and oxygen atoms in total. The lowest BCUT2D eigenvalue weighted by Gasteiger charge is -2.22. The van der Waals surface area contributed by atoms with Gasteiger partial charge in [-0.1, -0.05) is 60.7 Å². The zero-order chi connectivity index (χ0) is 20.7. The molecule has 3 aromatic rings. The summed E-state index contributed by atoms with van der Waals surface area (Å²) in [5.41, 5.74) is 6.98. The summed E-state index contributed by atoms with van der Waals surface area (Å²) >= 11 is 0. The fourth-order valence-corrected chi connectivity index (χ4v) is 2.60. The number of carbonyl (C=O) groups is 1. The van der Waals surface area contributed by atoms with Crippen molar-refractivity contribution in [1.82, 2.24) is 25.5 Å². The van der Waals surface area contributed by atoms with Crippen LogP contribution in [0, 0.1) is 0 Å². The Kier molecular flexibility index (Phi) is 6.69. The van der Waals surface area contributed by atoms with Crippen LogP contribution in [0.1, 0.15) is 36.8 Å². The van der Waals surface area contributed by atoms with E-state index < -0.39 is 11.6 Å². The third-order valence-electron chi connectivity index (χ3n) is 4.23. The first kappa shape index (κ1) is 20.6. The van der Waals surface area contributed by atoms with Gasteiger partial charge in [0.25, 0.3) is 0 Å². The summed E-state index contributed by atoms with van der Waals surface area (Å²) in [6, 6.07) is 19.1. The van der Waals surface area contributed by atoms with Gasteiger partial charge in [0, 0.05) is 0 Å². The summed E-state index contributed by atoms with van der Waals surface area (Å²) in [6.45, 7) is 4.39. The van der Waals surface area contributed by atoms with Crippen molar-refractivity contribution >= 4 is 5.91 Å². The van der Waals surface area contributed by atoms with E-state index in [2.05, 4.69) is 20.7 Å². The van der Waals surface area contributed by atoms with Crippen LogP contribution < -0.4 is 11.1 Å². The predicted octanol–water partition coefficient (Wildman–Crippen LogP) is 1.83. The van der Waals surface area contributed by atoms with Crippen molar-refractivity contribution < 1.29 is 9.53 Å². The first-order valence-electron chi connectivity index (χ1n) is 9.45. The first-order chi connectivity index (χ1) is 13.9. The average molecular weight is 394 g/mol. The highest BCUT2D eigenvalue weighted by Gasteiger charge is 2.27. The maximum Gasteiger partial charge on any atom is 0.240 e. The summed E-state index contributed by atoms with van der Waals surface area (Å²) in [5.74, 6) is 0.0665. The molecular weight excluding hydrogens is 368 g/mol. The molecule has 0 aliphatic heterocycles. The van der Waals surface area contributed by atoms with E-state index in [-0.39, 0.29) is 12.5 Å². The molecule has 29 heavy (non-hydrogen) atoms. The normalized spacial score (nSPS) is 12.5. The monoisotopic (exact) mass is 394 g/mol. The predicted molar refractivity (Wildman–Crippen MR) is 109 cm³/mol. The lowest BCUT2D eigenvalue weighted by molar-refractivity contribution is -0.126. The minimum Gasteiger partial charge on any atom is -0.374 e. The van der Waals surface area contributed by atoms with E-state index in [1.165, 1.54) is 4.80 Å². The molecular formula is C21H26N6O2. The second-order valence-corrected chi connectivity index (χ2v) is 7.41. The molecule has 0 unspecified atom stereocenters. The Balaban J connectivity index is 1.69. The number of carbonyl (C=O) groups excluding carboxylic acids is 1. The highest BCUT2D eigenvalue weighted by Crippen LogP contribution is 2.12. The van der Waals surface area contributed by atoms with Gasteiger partial charge in [-0.15, -0.1) is 10.2 Å². The van der Waals surface area contributed by atoms with E-state index in [4.69, 9.17) is 10.5 Å². The SMILES string of the molecule is CC(C)(N)C(=O)N[C@H](COCc1ccccc1)c1nnn(Cc2ccccc2)n1. The minimum absolute atomic E-state index is 0.202. The van der Waals surface area contributed by atoms with Gasteiger partial charge in [0.2, 0.25) is 5.91 Å². The molecule has 0 radical (unpaired) electrons. The number of nitrogens with one attached hydrogen (secondary N) is 1. The molecule has 0 saturated heterocycles. The van der Waals surface area contributed by atoms with Crippen molar-refractivity contribution in [2.75, 3.05) is 6.61 Å². The summed E-state index contributed by atoms with van der Waals surface area (Å²) in [5, 5.41) is 15.5. The molecule has 152 valence electrons. The van der Waals surface area contributed by atoms with E-state index >= 15 is 0 Å². The molecule has 0 aliphatic rings. The van der Waals surface area contributed by atoms with Crippen LogP contribution >= 0.6 is 0 Å². The largest absolute Gasteiger partial charge is 0.374 e. The number of amides is 1. The average Bonchev–Trinajstić information content (AvgIpc) is 3.16. The number of benzene rings is 2. The molecule has 0 spiro atoms. The Hall–Kier alpha value is -3.10. The molecule has 0 saturated carbocycles. The van der Waals surface area contributed by atoms with Crippen molar-refractivity contribution in [1.29, 1.82) is 0 Å². The number of ether oxygens (including phenoxy) is 1. The third kappa shape index (κ3) is 6.20. The number of hydrogen-bond donors (Lipinski definition) is 2. The van der Waals surface area contributed by atoms with Crippen LogP contribution in [0.25, 0.3) is 0 Å². The molecule has 1 aromatic heterocycles. The number of tetrazole rings is 1. The molecule has 0 bridgehead atoms. The standard InChI is InChI=1S/C21H26N6O2/c1-21(2,22)20(28)23-18(15-29-14-17-11-7-4-8-12-17)19-24-26-27(25-19)13-16-9-5-3-6-10-16/h3-12,18H,13-15,22H2,1-2H3,(H,23,28)/t18-/m1/s1. The Morgan fingerprint density at radius 3 is 2.34 bits per heavy atom. The second-order valence-electron chi connectivity index (χ2n) is 7.41. The van der Waals surface area contributed by atoms with Crippen molar-refractivity contribution in [2.24, 2.45) is 5.73 Å². The number of nitrogens with two attached hydrogens (primary N) is 1. The van der Waals surface area contributed by atoms with Gasteiger partial charge in [0.05, 0.1) is 25.3 Å². The van der Waals surface area contributed by atoms with Crippen LogP contribution in [0.5, 0.6) is 0 Å². The number of nitrogens with zero attached hydrogens (tertiary/aromatic N) is 4. The van der Waals surface area contributed by atoms with Crippen LogP contribution in [-0.4, -0.2) is 38.3 Å². The zero-order valence-corrected chi connectivity index (χ0v) is 16.7. The maximum atomic E-state index is 12.4. The van der Waals surface area contributed by atoms with E-state index in [1.807, 2.05) is 60.7 Å². The molecule has 0 aliphatic carbocycles. The van der Waals surface area contributed by atoms with Crippen LogP contribution in [-0.2, 0) is 22.7 Å². The highest BCUT2D eigenvalue weighted by molar-refractivity contribution is 5.85. The lowest BCUT2D eigenvalue weighted by atomic mass is 10.1. The summed E-state index contributed by atoms with van der Waals surface area (Å²) in [7, 11) is 0. The van der Waals surface area contributed by atoms with Gasteiger partial charge in [0.1, 0.15) is 6.04 Å². The van der Waals surface area contributed by atoms with Gasteiger partial charge in [-0.3, -0.25) is 4.79 Å². The van der Waals surface area contributed by atoms with Crippen LogP contribution in [0.4, 0.5) is 0 Å². The van der Waals surface area contributed by atoms with Crippen molar-refractivity contribution in [3.63, 3.8) is 0 Å². The van der Waals surface area contributed by atoms with Gasteiger partial charge >= 0.3 is 0 Å². The van der Waals surface area contributed by atoms with Crippen molar-refractivity contribution in [3.8, 4) is 0 Å². The number of rotatable bonds is 9. The smallest absolute Gasteiger partial charge is 0.240 e. The van der Waals surface area contributed by atoms with Crippen LogP contribution in [0.3, 0.4) is 0 Å². The molecule has 1 amide bonds. The van der Waals surface area contributed by atoms with Gasteiger partial charge in [-0.05, 0) is 30.2 Å². The Labute approximate surface area is 170 Å². The summed E-state index contributed by atoms with van der Waals surface area (Å²) in [6.07, 6.45) is 0. The van der Waals surface area contributed by atoms with Gasteiger partial charge in [-0.2, -0.15) is 4.80 Å². The third-order valence-corrected chi connectivity index (χ3v) is 4.23. The van der Waals surface area contributed by atoms with Gasteiger partial charge in [0.15, 0.2) is 5.82 Å². The number of aromatic nitrogens is 4. The van der Waals surface area contributed by atoms with E-state index in [0.717, 1.165) is 11.1 Å². The van der Waals surface area contributed by atoms with Gasteiger partial charge < -0.3 is 15.8 Å². The molecule has 3 rings (SSSR count).